The van der Waals surface area contributed by atoms with Gasteiger partial charge in [-0.3, -0.25) is 0 Å². The molecule has 2 aromatic carbocycles. The van der Waals surface area contributed by atoms with Gasteiger partial charge in [0.05, 0.1) is 6.10 Å². The first-order valence-electron chi connectivity index (χ1n) is 8.08. The molecule has 1 aliphatic heterocycles. The van der Waals surface area contributed by atoms with E-state index in [1.807, 2.05) is 0 Å². The summed E-state index contributed by atoms with van der Waals surface area (Å²) in [5, 5.41) is 6.18. The molecule has 2 nitrogen and oxygen atoms in total. The van der Waals surface area contributed by atoms with Gasteiger partial charge in [-0.2, -0.15) is 0 Å². The highest BCUT2D eigenvalue weighted by atomic mass is 16.5. The summed E-state index contributed by atoms with van der Waals surface area (Å²) in [6, 6.07) is 15.8. The number of fused-ring (bicyclic) bond motifs is 1. The highest BCUT2D eigenvalue weighted by molar-refractivity contribution is 5.83. The second-order valence-electron chi connectivity index (χ2n) is 6.36. The first-order valence-corrected chi connectivity index (χ1v) is 8.08. The van der Waals surface area contributed by atoms with Crippen LogP contribution in [0, 0.1) is 5.92 Å². The number of ether oxygens (including phenoxy) is 1. The van der Waals surface area contributed by atoms with Crippen LogP contribution in [0.1, 0.15) is 38.4 Å². The largest absolute Gasteiger partial charge is 0.373 e. The van der Waals surface area contributed by atoms with Gasteiger partial charge in [0.15, 0.2) is 0 Å². The molecule has 21 heavy (non-hydrogen) atoms. The van der Waals surface area contributed by atoms with Crippen molar-refractivity contribution in [2.75, 3.05) is 13.2 Å². The third kappa shape index (κ3) is 3.45. The van der Waals surface area contributed by atoms with Crippen LogP contribution in [0.25, 0.3) is 10.8 Å². The van der Waals surface area contributed by atoms with Gasteiger partial charge in [-0.1, -0.05) is 50.2 Å². The zero-order chi connectivity index (χ0) is 14.7. The Morgan fingerprint density at radius 1 is 1.14 bits per heavy atom. The standard InChI is InChI=1S/C19H25NO/c1-14(2)20-13-18-8-5-11-21-19(18)17-10-9-15-6-3-4-7-16(15)12-17/h3-4,6-7,9-10,12,14,18-20H,5,8,11,13H2,1-2H3. The van der Waals surface area contributed by atoms with E-state index in [9.17, 15) is 0 Å². The van der Waals surface area contributed by atoms with Gasteiger partial charge in [0.25, 0.3) is 0 Å². The molecule has 0 amide bonds. The van der Waals surface area contributed by atoms with Crippen molar-refractivity contribution in [3.63, 3.8) is 0 Å². The molecule has 2 atom stereocenters. The van der Waals surface area contributed by atoms with Gasteiger partial charge in [0.1, 0.15) is 0 Å². The molecule has 1 heterocycles. The fourth-order valence-corrected chi connectivity index (χ4v) is 3.19. The van der Waals surface area contributed by atoms with Gasteiger partial charge in [0, 0.05) is 25.1 Å². The van der Waals surface area contributed by atoms with Gasteiger partial charge in [-0.25, -0.2) is 0 Å². The van der Waals surface area contributed by atoms with E-state index in [2.05, 4.69) is 61.6 Å². The predicted octanol–water partition coefficient (Wildman–Crippen LogP) is 4.31. The summed E-state index contributed by atoms with van der Waals surface area (Å²) >= 11 is 0. The molecule has 0 saturated carbocycles. The fraction of sp³-hybridized carbons (Fsp3) is 0.474. The minimum absolute atomic E-state index is 0.231. The first kappa shape index (κ1) is 14.6. The Labute approximate surface area is 127 Å². The number of nitrogens with one attached hydrogen (secondary N) is 1. The lowest BCUT2D eigenvalue weighted by Gasteiger charge is -2.33. The van der Waals surface area contributed by atoms with Crippen LogP contribution >= 0.6 is 0 Å². The molecular weight excluding hydrogens is 258 g/mol. The average Bonchev–Trinajstić information content (AvgIpc) is 2.52. The number of hydrogen-bond donors (Lipinski definition) is 1. The quantitative estimate of drug-likeness (QED) is 0.903. The molecule has 2 heteroatoms. The van der Waals surface area contributed by atoms with Crippen LogP contribution in [-0.2, 0) is 4.74 Å². The molecule has 1 fully saturated rings. The second-order valence-corrected chi connectivity index (χ2v) is 6.36. The highest BCUT2D eigenvalue weighted by Gasteiger charge is 2.27. The van der Waals surface area contributed by atoms with Gasteiger partial charge >= 0.3 is 0 Å². The average molecular weight is 283 g/mol. The minimum Gasteiger partial charge on any atom is -0.373 e. The zero-order valence-corrected chi connectivity index (χ0v) is 13.0. The van der Waals surface area contributed by atoms with Crippen LogP contribution < -0.4 is 5.32 Å². The van der Waals surface area contributed by atoms with Gasteiger partial charge in [-0.15, -0.1) is 0 Å². The van der Waals surface area contributed by atoms with Crippen LogP contribution in [-0.4, -0.2) is 19.2 Å². The van der Waals surface area contributed by atoms with Crippen LogP contribution in [0.5, 0.6) is 0 Å². The second kappa shape index (κ2) is 6.59. The summed E-state index contributed by atoms with van der Waals surface area (Å²) in [5.41, 5.74) is 1.32. The maximum absolute atomic E-state index is 6.12. The van der Waals surface area contributed by atoms with E-state index in [0.29, 0.717) is 12.0 Å². The third-order valence-electron chi connectivity index (χ3n) is 4.34. The van der Waals surface area contributed by atoms with E-state index < -0.39 is 0 Å². The Morgan fingerprint density at radius 2 is 1.95 bits per heavy atom. The smallest absolute Gasteiger partial charge is 0.0865 e. The lowest BCUT2D eigenvalue weighted by Crippen LogP contribution is -2.35. The van der Waals surface area contributed by atoms with Crippen LogP contribution in [0.15, 0.2) is 42.5 Å². The van der Waals surface area contributed by atoms with E-state index in [4.69, 9.17) is 4.74 Å². The van der Waals surface area contributed by atoms with Crippen LogP contribution in [0.2, 0.25) is 0 Å². The minimum atomic E-state index is 0.231. The molecule has 112 valence electrons. The topological polar surface area (TPSA) is 21.3 Å². The van der Waals surface area contributed by atoms with Crippen LogP contribution in [0.3, 0.4) is 0 Å². The summed E-state index contributed by atoms with van der Waals surface area (Å²) < 4.78 is 6.12. The Morgan fingerprint density at radius 3 is 2.76 bits per heavy atom. The van der Waals surface area contributed by atoms with E-state index in [1.54, 1.807) is 0 Å². The normalized spacial score (nSPS) is 22.8. The molecule has 1 saturated heterocycles. The molecule has 3 rings (SSSR count). The Hall–Kier alpha value is -1.38. The Bertz CT molecular complexity index is 593. The number of rotatable bonds is 4. The molecule has 0 spiro atoms. The summed E-state index contributed by atoms with van der Waals surface area (Å²) in [5.74, 6) is 0.572. The SMILES string of the molecule is CC(C)NCC1CCCOC1c1ccc2ccccc2c1. The monoisotopic (exact) mass is 283 g/mol. The molecule has 2 unspecified atom stereocenters. The molecule has 0 bridgehead atoms. The van der Waals surface area contributed by atoms with Crippen LogP contribution in [0.4, 0.5) is 0 Å². The molecular formula is C19H25NO. The number of benzene rings is 2. The van der Waals surface area contributed by atoms with Crippen molar-refractivity contribution in [1.29, 1.82) is 0 Å². The maximum Gasteiger partial charge on any atom is 0.0865 e. The molecule has 0 aromatic heterocycles. The molecule has 1 aliphatic rings. The molecule has 1 N–H and O–H groups in total. The summed E-state index contributed by atoms with van der Waals surface area (Å²) in [4.78, 5) is 0. The summed E-state index contributed by atoms with van der Waals surface area (Å²) in [6.07, 6.45) is 2.65. The van der Waals surface area contributed by atoms with Crippen molar-refractivity contribution in [2.24, 2.45) is 5.92 Å². The van der Waals surface area contributed by atoms with Gasteiger partial charge in [0.2, 0.25) is 0 Å². The summed E-state index contributed by atoms with van der Waals surface area (Å²) in [6.45, 7) is 6.33. The van der Waals surface area contributed by atoms with Gasteiger partial charge < -0.3 is 10.1 Å². The predicted molar refractivity (Wildman–Crippen MR) is 88.5 cm³/mol. The van der Waals surface area contributed by atoms with Crippen molar-refractivity contribution in [3.8, 4) is 0 Å². The van der Waals surface area contributed by atoms with E-state index in [-0.39, 0.29) is 6.10 Å². The third-order valence-corrected chi connectivity index (χ3v) is 4.34. The Kier molecular flexibility index (Phi) is 4.57. The fourth-order valence-electron chi connectivity index (χ4n) is 3.19. The molecule has 0 radical (unpaired) electrons. The van der Waals surface area contributed by atoms with E-state index >= 15 is 0 Å². The van der Waals surface area contributed by atoms with Gasteiger partial charge in [-0.05, 0) is 35.2 Å². The maximum atomic E-state index is 6.12. The first-order chi connectivity index (χ1) is 10.2. The van der Waals surface area contributed by atoms with E-state index in [0.717, 1.165) is 13.2 Å². The van der Waals surface area contributed by atoms with Crippen molar-refractivity contribution in [2.45, 2.75) is 38.8 Å². The van der Waals surface area contributed by atoms with Crippen molar-refractivity contribution in [3.05, 3.63) is 48.0 Å². The molecule has 0 aliphatic carbocycles. The van der Waals surface area contributed by atoms with Crippen molar-refractivity contribution >= 4 is 10.8 Å². The lowest BCUT2D eigenvalue weighted by atomic mass is 9.88. The Balaban J connectivity index is 1.83. The molecule has 2 aromatic rings. The highest BCUT2D eigenvalue weighted by Crippen LogP contribution is 2.34. The van der Waals surface area contributed by atoms with E-state index in [1.165, 1.54) is 29.2 Å². The zero-order valence-electron chi connectivity index (χ0n) is 13.0. The lowest BCUT2D eigenvalue weighted by molar-refractivity contribution is -0.0281. The van der Waals surface area contributed by atoms with Crippen molar-refractivity contribution < 1.29 is 4.74 Å². The summed E-state index contributed by atoms with van der Waals surface area (Å²) in [7, 11) is 0. The van der Waals surface area contributed by atoms with Crippen molar-refractivity contribution in [1.82, 2.24) is 5.32 Å². The number of hydrogen-bond acceptors (Lipinski definition) is 2.